The summed E-state index contributed by atoms with van der Waals surface area (Å²) >= 11 is 6.17. The van der Waals surface area contributed by atoms with Crippen molar-refractivity contribution in [1.82, 2.24) is 10.4 Å². The number of hydrogen-bond donors (Lipinski definition) is 1. The lowest BCUT2D eigenvalue weighted by Gasteiger charge is -2.44. The SMILES string of the molecule is COC(=O)COc1ccccc1C1C(Cl)C(=O)N1NC(=O)c1cccc([N+](=O)[O-])c1. The third-order valence-electron chi connectivity index (χ3n) is 4.38. The first-order valence-electron chi connectivity index (χ1n) is 8.64. The van der Waals surface area contributed by atoms with Crippen LogP contribution in [0.3, 0.4) is 0 Å². The van der Waals surface area contributed by atoms with Crippen molar-refractivity contribution in [1.29, 1.82) is 0 Å². The Labute approximate surface area is 175 Å². The third kappa shape index (κ3) is 4.18. The van der Waals surface area contributed by atoms with E-state index in [2.05, 4.69) is 10.2 Å². The number of benzene rings is 2. The van der Waals surface area contributed by atoms with Crippen LogP contribution >= 0.6 is 11.6 Å². The third-order valence-corrected chi connectivity index (χ3v) is 4.81. The number of nitrogens with zero attached hydrogens (tertiary/aromatic N) is 2. The fourth-order valence-electron chi connectivity index (χ4n) is 2.86. The van der Waals surface area contributed by atoms with Gasteiger partial charge >= 0.3 is 5.97 Å². The Kier molecular flexibility index (Phi) is 6.17. The van der Waals surface area contributed by atoms with Gasteiger partial charge in [0, 0.05) is 23.3 Å². The van der Waals surface area contributed by atoms with E-state index in [9.17, 15) is 24.5 Å². The number of halogens is 1. The van der Waals surface area contributed by atoms with Gasteiger partial charge in [0.05, 0.1) is 12.0 Å². The molecule has 3 rings (SSSR count). The van der Waals surface area contributed by atoms with Crippen LogP contribution in [-0.2, 0) is 14.3 Å². The van der Waals surface area contributed by atoms with Crippen LogP contribution in [0.4, 0.5) is 5.69 Å². The highest BCUT2D eigenvalue weighted by atomic mass is 35.5. The molecule has 30 heavy (non-hydrogen) atoms. The maximum absolute atomic E-state index is 12.5. The summed E-state index contributed by atoms with van der Waals surface area (Å²) in [4.78, 5) is 46.4. The standard InChI is InChI=1S/C19H16ClN3O7/c1-29-15(24)10-30-14-8-3-2-7-13(14)17-16(20)19(26)22(17)21-18(25)11-5-4-6-12(9-11)23(27)28/h2-9,16-17H,10H2,1H3,(H,21,25). The summed E-state index contributed by atoms with van der Waals surface area (Å²) in [6.07, 6.45) is 0. The number of esters is 1. The molecule has 1 aliphatic rings. The molecule has 0 spiro atoms. The summed E-state index contributed by atoms with van der Waals surface area (Å²) in [7, 11) is 1.22. The Morgan fingerprint density at radius 1 is 1.23 bits per heavy atom. The van der Waals surface area contributed by atoms with E-state index in [1.165, 1.54) is 25.3 Å². The molecule has 10 nitrogen and oxygen atoms in total. The number of rotatable bonds is 7. The lowest BCUT2D eigenvalue weighted by atomic mass is 9.94. The van der Waals surface area contributed by atoms with E-state index in [4.69, 9.17) is 16.3 Å². The smallest absolute Gasteiger partial charge is 0.343 e. The van der Waals surface area contributed by atoms with Gasteiger partial charge in [-0.15, -0.1) is 11.6 Å². The van der Waals surface area contributed by atoms with E-state index in [1.54, 1.807) is 24.3 Å². The van der Waals surface area contributed by atoms with Crippen molar-refractivity contribution < 1.29 is 28.8 Å². The number of non-ortho nitro benzene ring substituents is 1. The lowest BCUT2D eigenvalue weighted by molar-refractivity contribution is -0.384. The van der Waals surface area contributed by atoms with Crippen LogP contribution in [0.25, 0.3) is 0 Å². The van der Waals surface area contributed by atoms with Crippen LogP contribution in [0.1, 0.15) is 22.0 Å². The van der Waals surface area contributed by atoms with E-state index in [0.29, 0.717) is 11.3 Å². The van der Waals surface area contributed by atoms with Gasteiger partial charge in [0.15, 0.2) is 6.61 Å². The van der Waals surface area contributed by atoms with Gasteiger partial charge < -0.3 is 9.47 Å². The van der Waals surface area contributed by atoms with Crippen molar-refractivity contribution in [2.75, 3.05) is 13.7 Å². The van der Waals surface area contributed by atoms with Crippen molar-refractivity contribution in [3.63, 3.8) is 0 Å². The Morgan fingerprint density at radius 2 is 1.97 bits per heavy atom. The van der Waals surface area contributed by atoms with Crippen molar-refractivity contribution in [3.8, 4) is 5.75 Å². The molecule has 1 aliphatic heterocycles. The molecule has 156 valence electrons. The zero-order chi connectivity index (χ0) is 21.8. The molecule has 2 amide bonds. The van der Waals surface area contributed by atoms with E-state index in [1.807, 2.05) is 0 Å². The molecular formula is C19H16ClN3O7. The molecule has 2 atom stereocenters. The summed E-state index contributed by atoms with van der Waals surface area (Å²) in [5.41, 5.74) is 2.64. The van der Waals surface area contributed by atoms with E-state index < -0.39 is 34.1 Å². The van der Waals surface area contributed by atoms with Gasteiger partial charge in [-0.05, 0) is 12.1 Å². The predicted octanol–water partition coefficient (Wildman–Crippen LogP) is 1.98. The van der Waals surface area contributed by atoms with Gasteiger partial charge in [0.1, 0.15) is 17.2 Å². The summed E-state index contributed by atoms with van der Waals surface area (Å²) in [5, 5.41) is 11.0. The Balaban J connectivity index is 1.81. The van der Waals surface area contributed by atoms with Crippen LogP contribution in [-0.4, -0.2) is 46.8 Å². The number of nitrogens with one attached hydrogen (secondary N) is 1. The molecule has 2 aromatic carbocycles. The average Bonchev–Trinajstić information content (AvgIpc) is 2.77. The maximum atomic E-state index is 12.5. The predicted molar refractivity (Wildman–Crippen MR) is 104 cm³/mol. The van der Waals surface area contributed by atoms with E-state index in [-0.39, 0.29) is 17.9 Å². The minimum absolute atomic E-state index is 0.00370. The number of para-hydroxylation sites is 1. The molecule has 0 aromatic heterocycles. The molecule has 1 saturated heterocycles. The summed E-state index contributed by atoms with van der Waals surface area (Å²) < 4.78 is 9.99. The highest BCUT2D eigenvalue weighted by Crippen LogP contribution is 2.41. The van der Waals surface area contributed by atoms with Crippen molar-refractivity contribution >= 4 is 35.1 Å². The minimum atomic E-state index is -0.974. The average molecular weight is 434 g/mol. The van der Waals surface area contributed by atoms with Crippen molar-refractivity contribution in [3.05, 3.63) is 69.8 Å². The first-order chi connectivity index (χ1) is 14.3. The Hall–Kier alpha value is -3.66. The first-order valence-corrected chi connectivity index (χ1v) is 9.08. The molecule has 0 saturated carbocycles. The summed E-state index contributed by atoms with van der Waals surface area (Å²) in [5.74, 6) is -1.56. The second kappa shape index (κ2) is 8.78. The molecule has 2 unspecified atom stereocenters. The number of carbonyl (C=O) groups excluding carboxylic acids is 3. The molecule has 0 bridgehead atoms. The fraction of sp³-hybridized carbons (Fsp3) is 0.211. The zero-order valence-corrected chi connectivity index (χ0v) is 16.4. The molecule has 11 heteroatoms. The number of nitro groups is 1. The normalized spacial score (nSPS) is 17.7. The molecule has 1 N–H and O–H groups in total. The lowest BCUT2D eigenvalue weighted by Crippen LogP contribution is -2.63. The van der Waals surface area contributed by atoms with E-state index >= 15 is 0 Å². The van der Waals surface area contributed by atoms with Crippen LogP contribution in [0.5, 0.6) is 5.75 Å². The number of ether oxygens (including phenoxy) is 2. The maximum Gasteiger partial charge on any atom is 0.343 e. The Morgan fingerprint density at radius 3 is 2.67 bits per heavy atom. The number of hydrazine groups is 1. The molecule has 2 aromatic rings. The first kappa shape index (κ1) is 21.1. The molecule has 0 aliphatic carbocycles. The Bertz CT molecular complexity index is 1010. The number of methoxy groups -OCH3 is 1. The van der Waals surface area contributed by atoms with Crippen LogP contribution < -0.4 is 10.2 Å². The monoisotopic (exact) mass is 433 g/mol. The van der Waals surface area contributed by atoms with Crippen LogP contribution in [0, 0.1) is 10.1 Å². The van der Waals surface area contributed by atoms with Crippen LogP contribution in [0.2, 0.25) is 0 Å². The number of amides is 2. The zero-order valence-electron chi connectivity index (χ0n) is 15.6. The number of β-lactam (4-membered cyclic amide) rings is 1. The molecular weight excluding hydrogens is 418 g/mol. The topological polar surface area (TPSA) is 128 Å². The molecule has 1 heterocycles. The van der Waals surface area contributed by atoms with Gasteiger partial charge in [0.25, 0.3) is 17.5 Å². The van der Waals surface area contributed by atoms with Gasteiger partial charge in [-0.2, -0.15) is 0 Å². The minimum Gasteiger partial charge on any atom is -0.482 e. The van der Waals surface area contributed by atoms with Crippen molar-refractivity contribution in [2.24, 2.45) is 0 Å². The largest absolute Gasteiger partial charge is 0.482 e. The van der Waals surface area contributed by atoms with Gasteiger partial charge in [-0.1, -0.05) is 24.3 Å². The summed E-state index contributed by atoms with van der Waals surface area (Å²) in [6.45, 7) is -0.346. The second-order valence-corrected chi connectivity index (χ2v) is 6.68. The van der Waals surface area contributed by atoms with E-state index in [0.717, 1.165) is 11.1 Å². The number of carbonyl (C=O) groups is 3. The number of hydrogen-bond acceptors (Lipinski definition) is 7. The van der Waals surface area contributed by atoms with Gasteiger partial charge in [-0.25, -0.2) is 9.80 Å². The van der Waals surface area contributed by atoms with Gasteiger partial charge in [-0.3, -0.25) is 25.1 Å². The van der Waals surface area contributed by atoms with Crippen molar-refractivity contribution in [2.45, 2.75) is 11.4 Å². The number of nitro benzene ring substituents is 1. The second-order valence-electron chi connectivity index (χ2n) is 6.21. The fourth-order valence-corrected chi connectivity index (χ4v) is 3.22. The highest BCUT2D eigenvalue weighted by Gasteiger charge is 2.49. The van der Waals surface area contributed by atoms with Gasteiger partial charge in [0.2, 0.25) is 0 Å². The molecule has 0 radical (unpaired) electrons. The highest BCUT2D eigenvalue weighted by molar-refractivity contribution is 6.33. The quantitative estimate of drug-likeness (QED) is 0.232. The molecule has 1 fully saturated rings. The van der Waals surface area contributed by atoms with Crippen LogP contribution in [0.15, 0.2) is 48.5 Å². The number of alkyl halides is 1. The summed E-state index contributed by atoms with van der Waals surface area (Å²) in [6, 6.07) is 10.9.